The van der Waals surface area contributed by atoms with Gasteiger partial charge in [-0.1, -0.05) is 204 Å². The van der Waals surface area contributed by atoms with Crippen LogP contribution in [0.3, 0.4) is 0 Å². The van der Waals surface area contributed by atoms with Crippen molar-refractivity contribution in [3.8, 4) is 0 Å². The number of rotatable bonds is 46. The molecule has 0 aromatic heterocycles. The van der Waals surface area contributed by atoms with Crippen molar-refractivity contribution < 1.29 is 64.6 Å². The molecule has 0 saturated carbocycles. The summed E-state index contributed by atoms with van der Waals surface area (Å²) in [7, 11) is 0. The highest BCUT2D eigenvalue weighted by Crippen LogP contribution is 2.30. The first kappa shape index (κ1) is 67.1. The van der Waals surface area contributed by atoms with Crippen LogP contribution in [0.25, 0.3) is 0 Å². The van der Waals surface area contributed by atoms with E-state index < -0.39 is 86.8 Å². The smallest absolute Gasteiger partial charge is 0.220 e. The van der Waals surface area contributed by atoms with Crippen molar-refractivity contribution in [3.63, 3.8) is 0 Å². The number of carbonyl (C=O) groups is 1. The largest absolute Gasteiger partial charge is 0.394 e. The summed E-state index contributed by atoms with van der Waals surface area (Å²) in [6, 6.07) is -0.940. The molecule has 12 unspecified atom stereocenters. The molecule has 12 atom stereocenters. The molecule has 426 valence electrons. The molecule has 73 heavy (non-hydrogen) atoms. The minimum absolute atomic E-state index is 0.257. The fourth-order valence-electron chi connectivity index (χ4n) is 9.45. The maximum absolute atomic E-state index is 13.2. The predicted octanol–water partition coefficient (Wildman–Crippen LogP) is 9.61. The molecule has 0 bridgehead atoms. The Bertz CT molecular complexity index is 1410. The first-order valence-corrected chi connectivity index (χ1v) is 29.4. The van der Waals surface area contributed by atoms with E-state index in [1.165, 1.54) is 135 Å². The predicted molar refractivity (Wildman–Crippen MR) is 291 cm³/mol. The van der Waals surface area contributed by atoms with Crippen molar-refractivity contribution in [1.29, 1.82) is 0 Å². The second-order valence-corrected chi connectivity index (χ2v) is 20.8. The number of aliphatic hydroxyl groups excluding tert-OH is 8. The number of ether oxygens (including phenoxy) is 4. The molecule has 14 heteroatoms. The van der Waals surface area contributed by atoms with Gasteiger partial charge in [0.15, 0.2) is 12.6 Å². The van der Waals surface area contributed by atoms with Gasteiger partial charge in [0.05, 0.1) is 32.0 Å². The van der Waals surface area contributed by atoms with Crippen molar-refractivity contribution in [2.45, 2.75) is 299 Å². The number of carbonyl (C=O) groups excluding carboxylic acids is 1. The summed E-state index contributed by atoms with van der Waals surface area (Å²) in [5, 5.41) is 87.0. The van der Waals surface area contributed by atoms with Gasteiger partial charge in [0, 0.05) is 6.42 Å². The lowest BCUT2D eigenvalue weighted by atomic mass is 9.97. The molecule has 0 spiro atoms. The van der Waals surface area contributed by atoms with E-state index in [1.54, 1.807) is 6.08 Å². The summed E-state index contributed by atoms with van der Waals surface area (Å²) in [5.74, 6) is -0.263. The van der Waals surface area contributed by atoms with E-state index in [0.717, 1.165) is 57.8 Å². The van der Waals surface area contributed by atoms with Crippen LogP contribution in [0.5, 0.6) is 0 Å². The van der Waals surface area contributed by atoms with Gasteiger partial charge in [-0.05, 0) is 64.2 Å². The number of amides is 1. The van der Waals surface area contributed by atoms with Crippen molar-refractivity contribution >= 4 is 5.91 Å². The number of allylic oxidation sites excluding steroid dienone is 7. The molecule has 2 rings (SSSR count). The third-order valence-electron chi connectivity index (χ3n) is 14.2. The van der Waals surface area contributed by atoms with Crippen LogP contribution in [0.2, 0.25) is 0 Å². The van der Waals surface area contributed by atoms with E-state index in [9.17, 15) is 45.6 Å². The highest BCUT2D eigenvalue weighted by Gasteiger charge is 2.51. The molecule has 2 aliphatic rings. The van der Waals surface area contributed by atoms with E-state index in [2.05, 4.69) is 55.6 Å². The van der Waals surface area contributed by atoms with Crippen LogP contribution in [-0.2, 0) is 23.7 Å². The highest BCUT2D eigenvalue weighted by molar-refractivity contribution is 5.76. The molecule has 14 nitrogen and oxygen atoms in total. The maximum Gasteiger partial charge on any atom is 0.220 e. The Kier molecular flexibility index (Phi) is 41.4. The van der Waals surface area contributed by atoms with E-state index in [1.807, 2.05) is 6.08 Å². The van der Waals surface area contributed by atoms with Crippen molar-refractivity contribution in [2.24, 2.45) is 0 Å². The molecule has 2 heterocycles. The molecule has 9 N–H and O–H groups in total. The lowest BCUT2D eigenvalue weighted by Gasteiger charge is -2.46. The Hall–Kier alpha value is -2.05. The van der Waals surface area contributed by atoms with Gasteiger partial charge in [-0.25, -0.2) is 0 Å². The summed E-state index contributed by atoms with van der Waals surface area (Å²) in [4.78, 5) is 13.2. The first-order valence-electron chi connectivity index (χ1n) is 29.4. The fraction of sp³-hybridized carbons (Fsp3) is 0.847. The molecule has 0 radical (unpaired) electrons. The quantitative estimate of drug-likeness (QED) is 0.0205. The standard InChI is InChI=1S/C59H107NO13/c1-3-5-7-9-11-13-15-17-19-21-22-23-24-25-26-27-28-30-32-34-36-38-40-42-48(63)47(60-51(64)43-41-39-37-35-33-31-29-20-18-16-14-12-10-8-6-4-2)46-70-58-56(69)54(67)57(50(45-62)72-58)73-59-55(68)53(66)52(65)49(44-61)71-59/h14,16,20,29,32,34,40,42,47-50,52-59,61-63,65-69H,3-13,15,17-19,21-28,30-31,33,35-39,41,43-46H2,1-2H3,(H,60,64)/b16-14-,29-20-,34-32+,42-40+. The number of unbranched alkanes of at least 4 members (excludes halogenated alkanes) is 27. The molecular weight excluding hydrogens is 931 g/mol. The topological polar surface area (TPSA) is 228 Å². The van der Waals surface area contributed by atoms with Gasteiger partial charge in [-0.15, -0.1) is 0 Å². The van der Waals surface area contributed by atoms with E-state index >= 15 is 0 Å². The SMILES string of the molecule is CCCCCC/C=C\C/C=C\CCCCCCCC(=O)NC(COC1OC(CO)C(OC2OC(CO)C(O)C(O)C2O)C(O)C1O)C(O)/C=C/CC/C=C/CCCCCCCCCCCCCCCCCCC. The molecule has 0 aromatic carbocycles. The Morgan fingerprint density at radius 1 is 0.493 bits per heavy atom. The minimum atomic E-state index is -1.79. The summed E-state index contributed by atoms with van der Waals surface area (Å²) in [6.45, 7) is 2.76. The van der Waals surface area contributed by atoms with Gasteiger partial charge in [0.25, 0.3) is 0 Å². The third kappa shape index (κ3) is 31.1. The first-order chi connectivity index (χ1) is 35.6. The van der Waals surface area contributed by atoms with Gasteiger partial charge < -0.3 is 65.1 Å². The molecule has 1 amide bonds. The van der Waals surface area contributed by atoms with Gasteiger partial charge in [0.2, 0.25) is 5.91 Å². The number of nitrogens with one attached hydrogen (secondary N) is 1. The van der Waals surface area contributed by atoms with Crippen molar-refractivity contribution in [3.05, 3.63) is 48.6 Å². The van der Waals surface area contributed by atoms with Crippen LogP contribution >= 0.6 is 0 Å². The fourth-order valence-corrected chi connectivity index (χ4v) is 9.45. The number of hydrogen-bond donors (Lipinski definition) is 9. The summed E-state index contributed by atoms with van der Waals surface area (Å²) in [6.07, 6.45) is 38.7. The molecular formula is C59H107NO13. The monoisotopic (exact) mass is 1040 g/mol. The normalized spacial score (nSPS) is 25.7. The van der Waals surface area contributed by atoms with Crippen molar-refractivity contribution in [1.82, 2.24) is 5.32 Å². The summed E-state index contributed by atoms with van der Waals surface area (Å²) in [5.41, 5.74) is 0. The number of aliphatic hydroxyl groups is 8. The second-order valence-electron chi connectivity index (χ2n) is 20.8. The van der Waals surface area contributed by atoms with Crippen molar-refractivity contribution in [2.75, 3.05) is 19.8 Å². The summed E-state index contributed by atoms with van der Waals surface area (Å²) >= 11 is 0. The lowest BCUT2D eigenvalue weighted by molar-refractivity contribution is -0.359. The highest BCUT2D eigenvalue weighted by atomic mass is 16.7. The molecule has 2 aliphatic heterocycles. The average Bonchev–Trinajstić information content (AvgIpc) is 3.39. The van der Waals surface area contributed by atoms with Gasteiger partial charge >= 0.3 is 0 Å². The van der Waals surface area contributed by atoms with Crippen LogP contribution in [0.1, 0.15) is 226 Å². The zero-order valence-electron chi connectivity index (χ0n) is 45.6. The van der Waals surface area contributed by atoms with E-state index in [-0.39, 0.29) is 18.9 Å². The zero-order valence-corrected chi connectivity index (χ0v) is 45.6. The molecule has 0 aromatic rings. The Labute approximate surface area is 442 Å². The Morgan fingerprint density at radius 2 is 0.918 bits per heavy atom. The number of hydrogen-bond acceptors (Lipinski definition) is 13. The summed E-state index contributed by atoms with van der Waals surface area (Å²) < 4.78 is 22.7. The Balaban J connectivity index is 1.80. The molecule has 2 fully saturated rings. The van der Waals surface area contributed by atoms with Gasteiger partial charge in [-0.2, -0.15) is 0 Å². The third-order valence-corrected chi connectivity index (χ3v) is 14.2. The molecule has 2 saturated heterocycles. The van der Waals surface area contributed by atoms with Gasteiger partial charge in [-0.3, -0.25) is 4.79 Å². The van der Waals surface area contributed by atoms with Crippen LogP contribution in [0.15, 0.2) is 48.6 Å². The van der Waals surface area contributed by atoms with Gasteiger partial charge in [0.1, 0.15) is 48.8 Å². The zero-order chi connectivity index (χ0) is 53.2. The van der Waals surface area contributed by atoms with E-state index in [4.69, 9.17) is 18.9 Å². The van der Waals surface area contributed by atoms with Crippen LogP contribution in [0.4, 0.5) is 0 Å². The van der Waals surface area contributed by atoms with Crippen LogP contribution in [-0.4, -0.2) is 140 Å². The van der Waals surface area contributed by atoms with E-state index in [0.29, 0.717) is 12.8 Å². The lowest BCUT2D eigenvalue weighted by Crippen LogP contribution is -2.65. The Morgan fingerprint density at radius 3 is 1.44 bits per heavy atom. The van der Waals surface area contributed by atoms with Crippen LogP contribution in [0, 0.1) is 0 Å². The maximum atomic E-state index is 13.2. The van der Waals surface area contributed by atoms with Crippen LogP contribution < -0.4 is 5.32 Å². The average molecular weight is 1040 g/mol. The molecule has 0 aliphatic carbocycles. The minimum Gasteiger partial charge on any atom is -0.394 e. The second kappa shape index (κ2) is 45.0.